The molecule has 0 atom stereocenters. The molecular weight excluding hydrogens is 292 g/mol. The second-order valence-electron chi connectivity index (χ2n) is 4.49. The van der Waals surface area contributed by atoms with Crippen molar-refractivity contribution in [1.29, 1.82) is 0 Å². The minimum atomic E-state index is 0.302. The third kappa shape index (κ3) is 6.82. The lowest BCUT2D eigenvalue weighted by Gasteiger charge is -2.08. The molecule has 0 amide bonds. The largest absolute Gasteiger partial charge is 0.489 e. The van der Waals surface area contributed by atoms with Crippen molar-refractivity contribution in [2.45, 2.75) is 33.3 Å². The van der Waals surface area contributed by atoms with Crippen LogP contribution >= 0.6 is 15.9 Å². The lowest BCUT2D eigenvalue weighted by molar-refractivity contribution is 0.0813. The molecule has 0 saturated heterocycles. The fourth-order valence-electron chi connectivity index (χ4n) is 1.39. The van der Waals surface area contributed by atoms with Gasteiger partial charge in [-0.05, 0) is 51.5 Å². The molecule has 0 aliphatic heterocycles. The summed E-state index contributed by atoms with van der Waals surface area (Å²) in [5.41, 5.74) is 1.30. The average Bonchev–Trinajstić information content (AvgIpc) is 2.28. The van der Waals surface area contributed by atoms with Crippen LogP contribution in [0.5, 0.6) is 5.75 Å². The zero-order valence-corrected chi connectivity index (χ0v) is 12.9. The Morgan fingerprint density at radius 1 is 1.39 bits per heavy atom. The van der Waals surface area contributed by atoms with Gasteiger partial charge in [-0.15, -0.1) is 0 Å². The predicted octanol–water partition coefficient (Wildman–Crippen LogP) is 4.59. The Bertz CT molecular complexity index is 386. The minimum Gasteiger partial charge on any atom is -0.489 e. The molecule has 100 valence electrons. The Morgan fingerprint density at radius 2 is 2.17 bits per heavy atom. The Morgan fingerprint density at radius 3 is 2.83 bits per heavy atom. The van der Waals surface area contributed by atoms with E-state index in [2.05, 4.69) is 42.8 Å². The van der Waals surface area contributed by atoms with Crippen LogP contribution in [-0.2, 0) is 4.74 Å². The van der Waals surface area contributed by atoms with Crippen LogP contribution in [0.25, 0.3) is 0 Å². The maximum atomic E-state index is 5.64. The van der Waals surface area contributed by atoms with Crippen LogP contribution in [0.2, 0.25) is 0 Å². The van der Waals surface area contributed by atoms with E-state index >= 15 is 0 Å². The van der Waals surface area contributed by atoms with Crippen molar-refractivity contribution in [3.8, 4) is 5.75 Å². The van der Waals surface area contributed by atoms with E-state index in [1.165, 1.54) is 5.57 Å². The first kappa shape index (κ1) is 15.3. The SMILES string of the molecule is CC(=CCOc1cccc(Br)c1)CCOC(C)C. The molecule has 1 rings (SSSR count). The molecule has 0 radical (unpaired) electrons. The molecule has 0 spiro atoms. The normalized spacial score (nSPS) is 11.9. The highest BCUT2D eigenvalue weighted by atomic mass is 79.9. The van der Waals surface area contributed by atoms with Crippen molar-refractivity contribution < 1.29 is 9.47 Å². The molecule has 0 N–H and O–H groups in total. The molecule has 0 heterocycles. The Balaban J connectivity index is 2.27. The van der Waals surface area contributed by atoms with Gasteiger partial charge in [-0.25, -0.2) is 0 Å². The summed E-state index contributed by atoms with van der Waals surface area (Å²) >= 11 is 3.42. The zero-order chi connectivity index (χ0) is 13.4. The summed E-state index contributed by atoms with van der Waals surface area (Å²) in [6.45, 7) is 7.58. The third-order valence-corrected chi connectivity index (χ3v) is 2.92. The van der Waals surface area contributed by atoms with Gasteiger partial charge in [0.1, 0.15) is 12.4 Å². The molecule has 2 nitrogen and oxygen atoms in total. The molecule has 18 heavy (non-hydrogen) atoms. The molecular formula is C15H21BrO2. The minimum absolute atomic E-state index is 0.302. The average molecular weight is 313 g/mol. The van der Waals surface area contributed by atoms with Gasteiger partial charge < -0.3 is 9.47 Å². The van der Waals surface area contributed by atoms with E-state index in [1.807, 2.05) is 24.3 Å². The summed E-state index contributed by atoms with van der Waals surface area (Å²) in [5, 5.41) is 0. The van der Waals surface area contributed by atoms with Crippen LogP contribution in [0.4, 0.5) is 0 Å². The molecule has 0 unspecified atom stereocenters. The molecule has 1 aromatic carbocycles. The third-order valence-electron chi connectivity index (χ3n) is 2.43. The van der Waals surface area contributed by atoms with Crippen molar-refractivity contribution in [2.75, 3.05) is 13.2 Å². The second kappa shape index (κ2) is 8.33. The summed E-state index contributed by atoms with van der Waals surface area (Å²) in [7, 11) is 0. The van der Waals surface area contributed by atoms with E-state index < -0.39 is 0 Å². The molecule has 0 aliphatic rings. The van der Waals surface area contributed by atoms with Gasteiger partial charge >= 0.3 is 0 Å². The Labute approximate surface area is 118 Å². The van der Waals surface area contributed by atoms with Gasteiger partial charge in [-0.3, -0.25) is 0 Å². The highest BCUT2D eigenvalue weighted by Gasteiger charge is 1.96. The monoisotopic (exact) mass is 312 g/mol. The van der Waals surface area contributed by atoms with Crippen molar-refractivity contribution in [2.24, 2.45) is 0 Å². The van der Waals surface area contributed by atoms with Crippen molar-refractivity contribution >= 4 is 15.9 Å². The Kier molecular flexibility index (Phi) is 7.06. The Hall–Kier alpha value is -0.800. The lowest BCUT2D eigenvalue weighted by atomic mass is 10.2. The van der Waals surface area contributed by atoms with Crippen molar-refractivity contribution in [1.82, 2.24) is 0 Å². The van der Waals surface area contributed by atoms with Gasteiger partial charge in [-0.1, -0.05) is 27.6 Å². The number of rotatable bonds is 7. The molecule has 3 heteroatoms. The molecule has 0 saturated carbocycles. The lowest BCUT2D eigenvalue weighted by Crippen LogP contribution is -2.04. The van der Waals surface area contributed by atoms with Crippen LogP contribution in [0, 0.1) is 0 Å². The molecule has 0 fully saturated rings. The van der Waals surface area contributed by atoms with Gasteiger partial charge in [0.05, 0.1) is 12.7 Å². The number of benzene rings is 1. The molecule has 1 aromatic rings. The van der Waals surface area contributed by atoms with E-state index in [0.717, 1.165) is 23.2 Å². The summed E-state index contributed by atoms with van der Waals surface area (Å²) < 4.78 is 12.2. The van der Waals surface area contributed by atoms with Crippen molar-refractivity contribution in [3.63, 3.8) is 0 Å². The fraction of sp³-hybridized carbons (Fsp3) is 0.467. The number of halogens is 1. The standard InChI is InChI=1S/C15H21BrO2/c1-12(2)17-9-7-13(3)8-10-18-15-6-4-5-14(16)11-15/h4-6,8,11-12H,7,9-10H2,1-3H3. The maximum Gasteiger partial charge on any atom is 0.120 e. The summed E-state index contributed by atoms with van der Waals surface area (Å²) in [5.74, 6) is 0.881. The van der Waals surface area contributed by atoms with Crippen LogP contribution in [0.1, 0.15) is 27.2 Å². The highest BCUT2D eigenvalue weighted by molar-refractivity contribution is 9.10. The molecule has 0 aliphatic carbocycles. The highest BCUT2D eigenvalue weighted by Crippen LogP contribution is 2.17. The van der Waals surface area contributed by atoms with E-state index in [1.54, 1.807) is 0 Å². The number of hydrogen-bond acceptors (Lipinski definition) is 2. The van der Waals surface area contributed by atoms with Gasteiger partial charge in [0.15, 0.2) is 0 Å². The van der Waals surface area contributed by atoms with E-state index in [0.29, 0.717) is 12.7 Å². The summed E-state index contributed by atoms with van der Waals surface area (Å²) in [6.07, 6.45) is 3.36. The topological polar surface area (TPSA) is 18.5 Å². The summed E-state index contributed by atoms with van der Waals surface area (Å²) in [4.78, 5) is 0. The number of ether oxygens (including phenoxy) is 2. The quantitative estimate of drug-likeness (QED) is 0.686. The first-order chi connectivity index (χ1) is 8.58. The fourth-order valence-corrected chi connectivity index (χ4v) is 1.77. The zero-order valence-electron chi connectivity index (χ0n) is 11.3. The predicted molar refractivity (Wildman–Crippen MR) is 79.1 cm³/mol. The van der Waals surface area contributed by atoms with Gasteiger partial charge in [-0.2, -0.15) is 0 Å². The van der Waals surface area contributed by atoms with Crippen LogP contribution in [0.15, 0.2) is 40.4 Å². The van der Waals surface area contributed by atoms with Crippen molar-refractivity contribution in [3.05, 3.63) is 40.4 Å². The first-order valence-corrected chi connectivity index (χ1v) is 7.03. The smallest absolute Gasteiger partial charge is 0.120 e. The first-order valence-electron chi connectivity index (χ1n) is 6.23. The van der Waals surface area contributed by atoms with Crippen LogP contribution < -0.4 is 4.74 Å². The van der Waals surface area contributed by atoms with E-state index in [4.69, 9.17) is 9.47 Å². The van der Waals surface area contributed by atoms with Gasteiger partial charge in [0, 0.05) is 4.47 Å². The van der Waals surface area contributed by atoms with Crippen LogP contribution in [-0.4, -0.2) is 19.3 Å². The van der Waals surface area contributed by atoms with Gasteiger partial charge in [0.25, 0.3) is 0 Å². The molecule has 0 aromatic heterocycles. The maximum absolute atomic E-state index is 5.64. The number of hydrogen-bond donors (Lipinski definition) is 0. The second-order valence-corrected chi connectivity index (χ2v) is 5.40. The summed E-state index contributed by atoms with van der Waals surface area (Å²) in [6, 6.07) is 7.87. The van der Waals surface area contributed by atoms with E-state index in [-0.39, 0.29) is 0 Å². The molecule has 0 bridgehead atoms. The van der Waals surface area contributed by atoms with Gasteiger partial charge in [0.2, 0.25) is 0 Å². The van der Waals surface area contributed by atoms with E-state index in [9.17, 15) is 0 Å². The van der Waals surface area contributed by atoms with Crippen LogP contribution in [0.3, 0.4) is 0 Å².